The molecule has 0 saturated carbocycles. The second-order valence-corrected chi connectivity index (χ2v) is 4.92. The minimum Gasteiger partial charge on any atom is -0.497 e. The van der Waals surface area contributed by atoms with Gasteiger partial charge in [-0.2, -0.15) is 5.10 Å². The summed E-state index contributed by atoms with van der Waals surface area (Å²) in [6, 6.07) is 5.82. The molecule has 6 nitrogen and oxygen atoms in total. The van der Waals surface area contributed by atoms with Crippen LogP contribution in [0.1, 0.15) is 16.8 Å². The summed E-state index contributed by atoms with van der Waals surface area (Å²) in [5.41, 5.74) is 9.08. The van der Waals surface area contributed by atoms with E-state index in [1.807, 2.05) is 25.1 Å². The van der Waals surface area contributed by atoms with Gasteiger partial charge < -0.3 is 10.5 Å². The first kappa shape index (κ1) is 13.9. The van der Waals surface area contributed by atoms with Gasteiger partial charge in [0.25, 0.3) is 0 Å². The monoisotopic (exact) mass is 293 g/mol. The Morgan fingerprint density at radius 3 is 2.77 bits per heavy atom. The molecule has 0 fully saturated rings. The number of hydrogen-bond acceptors (Lipinski definition) is 5. The molecule has 1 aromatic carbocycles. The van der Waals surface area contributed by atoms with E-state index in [4.69, 9.17) is 10.5 Å². The van der Waals surface area contributed by atoms with E-state index in [1.54, 1.807) is 18.8 Å². The van der Waals surface area contributed by atoms with E-state index in [1.165, 1.54) is 6.33 Å². The highest BCUT2D eigenvalue weighted by Crippen LogP contribution is 2.20. The van der Waals surface area contributed by atoms with Gasteiger partial charge in [0.1, 0.15) is 23.6 Å². The normalized spacial score (nSPS) is 10.3. The second kappa shape index (κ2) is 5.37. The number of benzene rings is 1. The predicted octanol–water partition coefficient (Wildman–Crippen LogP) is 1.66. The maximum absolute atomic E-state index is 5.92. The van der Waals surface area contributed by atoms with Crippen LogP contribution < -0.4 is 10.5 Å². The van der Waals surface area contributed by atoms with E-state index in [0.29, 0.717) is 22.5 Å². The quantitative estimate of drug-likeness (QED) is 0.690. The molecule has 0 aliphatic rings. The van der Waals surface area contributed by atoms with Gasteiger partial charge in [-0.05, 0) is 36.6 Å². The summed E-state index contributed by atoms with van der Waals surface area (Å²) < 4.78 is 6.90. The van der Waals surface area contributed by atoms with Crippen LogP contribution in [0.25, 0.3) is 11.0 Å². The molecule has 0 unspecified atom stereocenters. The molecule has 110 valence electrons. The molecule has 0 aliphatic carbocycles. The van der Waals surface area contributed by atoms with E-state index >= 15 is 0 Å². The number of nitrogens with zero attached hydrogens (tertiary/aromatic N) is 4. The third-order valence-electron chi connectivity index (χ3n) is 3.26. The fraction of sp³-hybridized carbons (Fsp3) is 0.188. The summed E-state index contributed by atoms with van der Waals surface area (Å²) in [5, 5.41) is 5.04. The molecule has 0 bridgehead atoms. The largest absolute Gasteiger partial charge is 0.497 e. The molecule has 0 aliphatic heterocycles. The van der Waals surface area contributed by atoms with Crippen molar-refractivity contribution in [2.75, 3.05) is 12.8 Å². The van der Waals surface area contributed by atoms with Crippen LogP contribution in [-0.4, -0.2) is 26.9 Å². The molecule has 2 aromatic heterocycles. The van der Waals surface area contributed by atoms with Gasteiger partial charge in [0.05, 0.1) is 12.5 Å². The topological polar surface area (TPSA) is 78.8 Å². The molecule has 0 atom stereocenters. The van der Waals surface area contributed by atoms with Crippen molar-refractivity contribution in [3.05, 3.63) is 41.3 Å². The number of anilines is 1. The number of fused-ring (bicyclic) bond motifs is 1. The fourth-order valence-corrected chi connectivity index (χ4v) is 2.27. The average molecular weight is 293 g/mol. The number of aromatic nitrogens is 4. The number of ether oxygens (including phenoxy) is 1. The maximum Gasteiger partial charge on any atom is 0.164 e. The molecular formula is C16H15N5O. The molecule has 3 rings (SSSR count). The van der Waals surface area contributed by atoms with E-state index in [0.717, 1.165) is 16.9 Å². The van der Waals surface area contributed by atoms with Crippen LogP contribution in [0, 0.1) is 18.8 Å². The molecule has 0 saturated heterocycles. The molecule has 3 aromatic rings. The summed E-state index contributed by atoms with van der Waals surface area (Å²) in [5.74, 6) is 7.29. The predicted molar refractivity (Wildman–Crippen MR) is 84.4 cm³/mol. The third-order valence-corrected chi connectivity index (χ3v) is 3.26. The first-order valence-corrected chi connectivity index (χ1v) is 6.69. The lowest BCUT2D eigenvalue weighted by molar-refractivity contribution is 0.414. The first-order valence-electron chi connectivity index (χ1n) is 6.69. The highest BCUT2D eigenvalue weighted by atomic mass is 16.5. The fourth-order valence-electron chi connectivity index (χ4n) is 2.27. The lowest BCUT2D eigenvalue weighted by Crippen LogP contribution is -1.95. The van der Waals surface area contributed by atoms with E-state index in [2.05, 4.69) is 26.9 Å². The van der Waals surface area contributed by atoms with Crippen LogP contribution in [0.5, 0.6) is 5.75 Å². The SMILES string of the molecule is COc1cc(C)cc(C#Cc2nn(C)c3ncnc(N)c23)c1. The molecule has 0 radical (unpaired) electrons. The standard InChI is InChI=1S/C16H15N5O/c1-10-6-11(8-12(7-10)22-3)4-5-13-14-15(17)18-9-19-16(14)21(2)20-13/h6-9H,1-3H3,(H2,17,18,19). The lowest BCUT2D eigenvalue weighted by Gasteiger charge is -2.01. The van der Waals surface area contributed by atoms with Crippen LogP contribution in [0.2, 0.25) is 0 Å². The van der Waals surface area contributed by atoms with Crippen LogP contribution in [0.3, 0.4) is 0 Å². The second-order valence-electron chi connectivity index (χ2n) is 4.92. The van der Waals surface area contributed by atoms with Crippen molar-refractivity contribution >= 4 is 16.9 Å². The molecule has 22 heavy (non-hydrogen) atoms. The zero-order chi connectivity index (χ0) is 15.7. The molecule has 0 amide bonds. The van der Waals surface area contributed by atoms with Crippen molar-refractivity contribution in [1.29, 1.82) is 0 Å². The average Bonchev–Trinajstić information content (AvgIpc) is 2.82. The van der Waals surface area contributed by atoms with Crippen LogP contribution >= 0.6 is 0 Å². The highest BCUT2D eigenvalue weighted by Gasteiger charge is 2.11. The van der Waals surface area contributed by atoms with Gasteiger partial charge >= 0.3 is 0 Å². The maximum atomic E-state index is 5.92. The van der Waals surface area contributed by atoms with Crippen LogP contribution in [0.15, 0.2) is 24.5 Å². The molecular weight excluding hydrogens is 278 g/mol. The van der Waals surface area contributed by atoms with Crippen molar-refractivity contribution in [3.63, 3.8) is 0 Å². The summed E-state index contributed by atoms with van der Waals surface area (Å²) in [4.78, 5) is 8.18. The number of methoxy groups -OCH3 is 1. The summed E-state index contributed by atoms with van der Waals surface area (Å²) >= 11 is 0. The van der Waals surface area contributed by atoms with Gasteiger partial charge in [-0.3, -0.25) is 0 Å². The Labute approximate surface area is 127 Å². The number of hydrogen-bond donors (Lipinski definition) is 1. The van der Waals surface area contributed by atoms with Crippen molar-refractivity contribution in [1.82, 2.24) is 19.7 Å². The Balaban J connectivity index is 2.10. The zero-order valence-corrected chi connectivity index (χ0v) is 12.6. The Morgan fingerprint density at radius 1 is 1.18 bits per heavy atom. The third kappa shape index (κ3) is 2.44. The van der Waals surface area contributed by atoms with E-state index in [9.17, 15) is 0 Å². The van der Waals surface area contributed by atoms with E-state index in [-0.39, 0.29) is 0 Å². The van der Waals surface area contributed by atoms with Crippen LogP contribution in [-0.2, 0) is 7.05 Å². The Morgan fingerprint density at radius 2 is 2.00 bits per heavy atom. The number of nitrogen functional groups attached to an aromatic ring is 1. The molecule has 2 N–H and O–H groups in total. The minimum atomic E-state index is 0.379. The summed E-state index contributed by atoms with van der Waals surface area (Å²) in [6.07, 6.45) is 1.42. The zero-order valence-electron chi connectivity index (χ0n) is 12.6. The van der Waals surface area contributed by atoms with Crippen molar-refractivity contribution < 1.29 is 4.74 Å². The smallest absolute Gasteiger partial charge is 0.164 e. The first-order chi connectivity index (χ1) is 10.6. The lowest BCUT2D eigenvalue weighted by atomic mass is 10.1. The summed E-state index contributed by atoms with van der Waals surface area (Å²) in [6.45, 7) is 2.00. The molecule has 0 spiro atoms. The number of rotatable bonds is 1. The van der Waals surface area contributed by atoms with Gasteiger partial charge in [0.15, 0.2) is 5.65 Å². The highest BCUT2D eigenvalue weighted by molar-refractivity contribution is 5.90. The van der Waals surface area contributed by atoms with Gasteiger partial charge in [0.2, 0.25) is 0 Å². The van der Waals surface area contributed by atoms with Gasteiger partial charge in [-0.1, -0.05) is 5.92 Å². The van der Waals surface area contributed by atoms with Gasteiger partial charge in [-0.15, -0.1) is 0 Å². The van der Waals surface area contributed by atoms with Gasteiger partial charge in [-0.25, -0.2) is 14.6 Å². The molecule has 6 heteroatoms. The van der Waals surface area contributed by atoms with Crippen LogP contribution in [0.4, 0.5) is 5.82 Å². The minimum absolute atomic E-state index is 0.379. The van der Waals surface area contributed by atoms with Crippen molar-refractivity contribution in [2.45, 2.75) is 6.92 Å². The number of aryl methyl sites for hydroxylation is 2. The Kier molecular flexibility index (Phi) is 3.39. The van der Waals surface area contributed by atoms with Crippen molar-refractivity contribution in [3.8, 4) is 17.6 Å². The Bertz CT molecular complexity index is 917. The summed E-state index contributed by atoms with van der Waals surface area (Å²) in [7, 11) is 3.44. The number of nitrogens with two attached hydrogens (primary N) is 1. The van der Waals surface area contributed by atoms with E-state index < -0.39 is 0 Å². The van der Waals surface area contributed by atoms with Crippen molar-refractivity contribution in [2.24, 2.45) is 7.05 Å². The molecule has 2 heterocycles. The Hall–Kier alpha value is -3.07. The van der Waals surface area contributed by atoms with Gasteiger partial charge in [0, 0.05) is 12.6 Å².